The lowest BCUT2D eigenvalue weighted by molar-refractivity contribution is 0.281. The van der Waals surface area contributed by atoms with Crippen LogP contribution in [0.3, 0.4) is 0 Å². The van der Waals surface area contributed by atoms with Crippen LogP contribution in [0.25, 0.3) is 0 Å². The first-order valence-electron chi connectivity index (χ1n) is 5.31. The van der Waals surface area contributed by atoms with Gasteiger partial charge < -0.3 is 15.6 Å². The number of nitrogens with two attached hydrogens (primary N) is 1. The monoisotopic (exact) mass is 230 g/mol. The fraction of sp³-hybridized carbons (Fsp3) is 0.154. The van der Waals surface area contributed by atoms with Crippen molar-refractivity contribution >= 4 is 5.82 Å². The van der Waals surface area contributed by atoms with E-state index < -0.39 is 0 Å². The van der Waals surface area contributed by atoms with Gasteiger partial charge in [-0.2, -0.15) is 0 Å². The van der Waals surface area contributed by atoms with E-state index in [4.69, 9.17) is 15.6 Å². The second-order valence-electron chi connectivity index (χ2n) is 3.65. The molecule has 0 bridgehead atoms. The molecule has 1 aromatic carbocycles. The van der Waals surface area contributed by atoms with Crippen molar-refractivity contribution in [2.45, 2.75) is 13.2 Å². The Bertz CT molecular complexity index is 483. The smallest absolute Gasteiger partial charge is 0.166 e. The third-order valence-corrected chi connectivity index (χ3v) is 2.40. The molecule has 0 saturated carbocycles. The first kappa shape index (κ1) is 11.4. The van der Waals surface area contributed by atoms with Crippen molar-refractivity contribution in [3.8, 4) is 5.75 Å². The molecule has 0 aliphatic rings. The van der Waals surface area contributed by atoms with Crippen molar-refractivity contribution in [3.63, 3.8) is 0 Å². The first-order chi connectivity index (χ1) is 8.29. The van der Waals surface area contributed by atoms with E-state index in [0.29, 0.717) is 18.2 Å². The molecule has 0 fully saturated rings. The van der Waals surface area contributed by atoms with E-state index in [9.17, 15) is 0 Å². The zero-order chi connectivity index (χ0) is 12.1. The molecule has 0 unspecified atom stereocenters. The lowest BCUT2D eigenvalue weighted by Crippen LogP contribution is -2.00. The number of rotatable bonds is 4. The van der Waals surface area contributed by atoms with Crippen LogP contribution in [0.1, 0.15) is 11.1 Å². The third-order valence-electron chi connectivity index (χ3n) is 2.40. The summed E-state index contributed by atoms with van der Waals surface area (Å²) < 4.78 is 5.55. The maximum Gasteiger partial charge on any atom is 0.166 e. The van der Waals surface area contributed by atoms with Crippen LogP contribution in [0.2, 0.25) is 0 Å². The van der Waals surface area contributed by atoms with Crippen LogP contribution in [0.15, 0.2) is 42.6 Å². The molecule has 17 heavy (non-hydrogen) atoms. The van der Waals surface area contributed by atoms with Gasteiger partial charge >= 0.3 is 0 Å². The fourth-order valence-electron chi connectivity index (χ4n) is 1.43. The van der Waals surface area contributed by atoms with Crippen molar-refractivity contribution in [1.82, 2.24) is 4.98 Å². The summed E-state index contributed by atoms with van der Waals surface area (Å²) in [4.78, 5) is 3.94. The average Bonchev–Trinajstić information content (AvgIpc) is 2.38. The fourth-order valence-corrected chi connectivity index (χ4v) is 1.43. The zero-order valence-corrected chi connectivity index (χ0v) is 9.34. The van der Waals surface area contributed by atoms with Crippen LogP contribution in [0.4, 0.5) is 5.82 Å². The summed E-state index contributed by atoms with van der Waals surface area (Å²) in [5.74, 6) is 0.971. The van der Waals surface area contributed by atoms with E-state index in [1.54, 1.807) is 18.3 Å². The summed E-state index contributed by atoms with van der Waals surface area (Å²) in [6.45, 7) is 0.484. The average molecular weight is 230 g/mol. The molecule has 0 atom stereocenters. The molecule has 1 aromatic heterocycles. The number of anilines is 1. The highest BCUT2D eigenvalue weighted by atomic mass is 16.5. The van der Waals surface area contributed by atoms with Crippen LogP contribution >= 0.6 is 0 Å². The number of ether oxygens (including phenoxy) is 1. The molecule has 3 N–H and O–H groups in total. The number of aliphatic hydroxyl groups is 1. The van der Waals surface area contributed by atoms with E-state index >= 15 is 0 Å². The number of hydrogen-bond donors (Lipinski definition) is 2. The molecule has 0 aliphatic carbocycles. The van der Waals surface area contributed by atoms with Gasteiger partial charge in [-0.25, -0.2) is 4.98 Å². The molecule has 1 heterocycles. The number of nitrogen functional groups attached to an aromatic ring is 1. The maximum atomic E-state index is 8.92. The molecular formula is C13H14N2O2. The number of nitrogens with zero attached hydrogens (tertiary/aromatic N) is 1. The summed E-state index contributed by atoms with van der Waals surface area (Å²) >= 11 is 0. The van der Waals surface area contributed by atoms with Crippen LogP contribution < -0.4 is 10.5 Å². The third kappa shape index (κ3) is 2.95. The minimum Gasteiger partial charge on any atom is -0.485 e. The minimum atomic E-state index is 0.0523. The summed E-state index contributed by atoms with van der Waals surface area (Å²) in [5.41, 5.74) is 7.56. The molecule has 0 amide bonds. The molecule has 2 rings (SSSR count). The minimum absolute atomic E-state index is 0.0523. The Labute approximate surface area is 99.7 Å². The van der Waals surface area contributed by atoms with Gasteiger partial charge in [0.2, 0.25) is 0 Å². The largest absolute Gasteiger partial charge is 0.485 e. The van der Waals surface area contributed by atoms with E-state index in [1.165, 1.54) is 0 Å². The number of hydrogen-bond acceptors (Lipinski definition) is 4. The van der Waals surface area contributed by atoms with Gasteiger partial charge in [-0.3, -0.25) is 0 Å². The van der Waals surface area contributed by atoms with Gasteiger partial charge in [-0.05, 0) is 23.3 Å². The van der Waals surface area contributed by atoms with Gasteiger partial charge in [0, 0.05) is 6.20 Å². The number of pyridine rings is 1. The SMILES string of the molecule is Nc1ncccc1OCc1ccc(CO)cc1. The van der Waals surface area contributed by atoms with Gasteiger partial charge in [0.15, 0.2) is 11.6 Å². The molecule has 0 radical (unpaired) electrons. The molecule has 4 nitrogen and oxygen atoms in total. The Hall–Kier alpha value is -2.07. The second-order valence-corrected chi connectivity index (χ2v) is 3.65. The standard InChI is InChI=1S/C13H14N2O2/c14-13-12(2-1-7-15-13)17-9-11-5-3-10(8-16)4-6-11/h1-7,16H,8-9H2,(H2,14,15). The highest BCUT2D eigenvalue weighted by molar-refractivity contribution is 5.44. The Morgan fingerprint density at radius 1 is 1.12 bits per heavy atom. The van der Waals surface area contributed by atoms with E-state index in [-0.39, 0.29) is 6.61 Å². The lowest BCUT2D eigenvalue weighted by atomic mass is 10.1. The molecular weight excluding hydrogens is 216 g/mol. The molecule has 88 valence electrons. The predicted molar refractivity (Wildman–Crippen MR) is 65.3 cm³/mol. The summed E-state index contributed by atoms with van der Waals surface area (Å²) in [7, 11) is 0. The maximum absolute atomic E-state index is 8.92. The Morgan fingerprint density at radius 2 is 1.82 bits per heavy atom. The van der Waals surface area contributed by atoms with Crippen molar-refractivity contribution in [2.24, 2.45) is 0 Å². The highest BCUT2D eigenvalue weighted by Gasteiger charge is 2.00. The van der Waals surface area contributed by atoms with E-state index in [0.717, 1.165) is 11.1 Å². The number of aliphatic hydroxyl groups excluding tert-OH is 1. The van der Waals surface area contributed by atoms with Crippen molar-refractivity contribution < 1.29 is 9.84 Å². The quantitative estimate of drug-likeness (QED) is 0.839. The molecule has 0 saturated heterocycles. The van der Waals surface area contributed by atoms with Crippen LogP contribution in [-0.2, 0) is 13.2 Å². The molecule has 2 aromatic rings. The molecule has 0 spiro atoms. The zero-order valence-electron chi connectivity index (χ0n) is 9.34. The predicted octanol–water partition coefficient (Wildman–Crippen LogP) is 1.74. The van der Waals surface area contributed by atoms with Crippen LogP contribution in [0, 0.1) is 0 Å². The van der Waals surface area contributed by atoms with Crippen LogP contribution in [0.5, 0.6) is 5.75 Å². The van der Waals surface area contributed by atoms with Gasteiger partial charge in [0.1, 0.15) is 6.61 Å². The molecule has 0 aliphatic heterocycles. The van der Waals surface area contributed by atoms with Gasteiger partial charge in [0.25, 0.3) is 0 Å². The summed E-state index contributed by atoms with van der Waals surface area (Å²) in [6.07, 6.45) is 1.62. The number of benzene rings is 1. The molecule has 4 heteroatoms. The van der Waals surface area contributed by atoms with E-state index in [2.05, 4.69) is 4.98 Å². The van der Waals surface area contributed by atoms with Crippen molar-refractivity contribution in [1.29, 1.82) is 0 Å². The van der Waals surface area contributed by atoms with E-state index in [1.807, 2.05) is 24.3 Å². The lowest BCUT2D eigenvalue weighted by Gasteiger charge is -2.08. The second kappa shape index (κ2) is 5.32. The Morgan fingerprint density at radius 3 is 2.47 bits per heavy atom. The van der Waals surface area contributed by atoms with Crippen LogP contribution in [-0.4, -0.2) is 10.1 Å². The van der Waals surface area contributed by atoms with Gasteiger partial charge in [-0.1, -0.05) is 24.3 Å². The van der Waals surface area contributed by atoms with Gasteiger partial charge in [0.05, 0.1) is 6.61 Å². The van der Waals surface area contributed by atoms with Gasteiger partial charge in [-0.15, -0.1) is 0 Å². The van der Waals surface area contributed by atoms with Crippen molar-refractivity contribution in [3.05, 3.63) is 53.7 Å². The Kier molecular flexibility index (Phi) is 3.57. The highest BCUT2D eigenvalue weighted by Crippen LogP contribution is 2.18. The summed E-state index contributed by atoms with van der Waals surface area (Å²) in [6, 6.07) is 11.1. The topological polar surface area (TPSA) is 68.4 Å². The van der Waals surface area contributed by atoms with Crippen molar-refractivity contribution in [2.75, 3.05) is 5.73 Å². The number of aromatic nitrogens is 1. The Balaban J connectivity index is 2.00. The normalized spacial score (nSPS) is 10.2. The first-order valence-corrected chi connectivity index (χ1v) is 5.31. The summed E-state index contributed by atoms with van der Waals surface area (Å²) in [5, 5.41) is 8.92.